The number of rotatable bonds is 1. The van der Waals surface area contributed by atoms with Crippen molar-refractivity contribution in [3.8, 4) is 0 Å². The minimum atomic E-state index is -0.433. The molecule has 0 radical (unpaired) electrons. The highest BCUT2D eigenvalue weighted by Gasteiger charge is 2.14. The lowest BCUT2D eigenvalue weighted by Crippen LogP contribution is -1.83. The van der Waals surface area contributed by atoms with E-state index in [-0.39, 0.29) is 5.00 Å². The molecule has 0 atom stereocenters. The van der Waals surface area contributed by atoms with Gasteiger partial charge in [-0.1, -0.05) is 29.0 Å². The van der Waals surface area contributed by atoms with Crippen LogP contribution >= 0.6 is 22.9 Å². The summed E-state index contributed by atoms with van der Waals surface area (Å²) in [5.74, 6) is 0. The molecule has 14 heavy (non-hydrogen) atoms. The van der Waals surface area contributed by atoms with Crippen molar-refractivity contribution in [3.05, 3.63) is 33.3 Å². The number of hydrogen-bond donors (Lipinski definition) is 1. The van der Waals surface area contributed by atoms with Crippen LogP contribution in [-0.4, -0.2) is 4.92 Å². The summed E-state index contributed by atoms with van der Waals surface area (Å²) in [6.45, 7) is 0. The quantitative estimate of drug-likeness (QED) is 0.463. The van der Waals surface area contributed by atoms with E-state index >= 15 is 0 Å². The minimum absolute atomic E-state index is 0.0764. The molecule has 0 aliphatic heterocycles. The first-order valence-corrected chi connectivity index (χ1v) is 4.91. The fraction of sp³-hybridized carbons (Fsp3) is 0. The van der Waals surface area contributed by atoms with Crippen LogP contribution in [0.25, 0.3) is 10.1 Å². The predicted octanol–water partition coefficient (Wildman–Crippen LogP) is 3.05. The van der Waals surface area contributed by atoms with Crippen LogP contribution in [0.5, 0.6) is 0 Å². The Kier molecular flexibility index (Phi) is 2.05. The van der Waals surface area contributed by atoms with Crippen molar-refractivity contribution >= 4 is 43.7 Å². The van der Waals surface area contributed by atoms with Crippen LogP contribution in [0.2, 0.25) is 5.02 Å². The third-order valence-electron chi connectivity index (χ3n) is 1.82. The van der Waals surface area contributed by atoms with Crippen LogP contribution in [0.1, 0.15) is 0 Å². The molecule has 0 spiro atoms. The first-order valence-electron chi connectivity index (χ1n) is 3.71. The Morgan fingerprint density at radius 3 is 2.86 bits per heavy atom. The molecule has 0 aliphatic carbocycles. The standard InChI is InChI=1S/C8H5ClN2O2S/c9-7-5(10)2-1-4-3-6(11(12)13)14-8(4)7/h1-3H,10H2. The monoisotopic (exact) mass is 228 g/mol. The van der Waals surface area contributed by atoms with Crippen LogP contribution in [0, 0.1) is 10.1 Å². The van der Waals surface area contributed by atoms with E-state index in [9.17, 15) is 10.1 Å². The largest absolute Gasteiger partial charge is 0.397 e. The van der Waals surface area contributed by atoms with Gasteiger partial charge in [0.2, 0.25) is 0 Å². The Balaban J connectivity index is 2.77. The van der Waals surface area contributed by atoms with E-state index in [1.54, 1.807) is 12.1 Å². The summed E-state index contributed by atoms with van der Waals surface area (Å²) < 4.78 is 0.665. The summed E-state index contributed by atoms with van der Waals surface area (Å²) in [6.07, 6.45) is 0. The van der Waals surface area contributed by atoms with Crippen molar-refractivity contribution in [2.75, 3.05) is 5.73 Å². The number of nitrogens with zero attached hydrogens (tertiary/aromatic N) is 1. The smallest absolute Gasteiger partial charge is 0.325 e. The zero-order chi connectivity index (χ0) is 10.3. The van der Waals surface area contributed by atoms with Crippen LogP contribution in [0.3, 0.4) is 0 Å². The average molecular weight is 229 g/mol. The van der Waals surface area contributed by atoms with Crippen molar-refractivity contribution in [2.24, 2.45) is 0 Å². The number of anilines is 1. The highest BCUT2D eigenvalue weighted by atomic mass is 35.5. The highest BCUT2D eigenvalue weighted by molar-refractivity contribution is 7.22. The van der Waals surface area contributed by atoms with Crippen molar-refractivity contribution in [1.29, 1.82) is 0 Å². The van der Waals surface area contributed by atoms with Gasteiger partial charge in [0.1, 0.15) is 0 Å². The molecule has 1 heterocycles. The number of benzene rings is 1. The number of hydrogen-bond acceptors (Lipinski definition) is 4. The molecule has 6 heteroatoms. The molecule has 2 N–H and O–H groups in total. The molecule has 0 aliphatic rings. The average Bonchev–Trinajstić information content (AvgIpc) is 2.56. The first kappa shape index (κ1) is 9.23. The predicted molar refractivity (Wildman–Crippen MR) is 57.9 cm³/mol. The molecule has 0 bridgehead atoms. The molecule has 1 aromatic heterocycles. The van der Waals surface area contributed by atoms with E-state index < -0.39 is 4.92 Å². The van der Waals surface area contributed by atoms with E-state index in [1.807, 2.05) is 0 Å². The van der Waals surface area contributed by atoms with Gasteiger partial charge in [-0.2, -0.15) is 0 Å². The normalized spacial score (nSPS) is 10.6. The van der Waals surface area contributed by atoms with E-state index in [1.165, 1.54) is 6.07 Å². The zero-order valence-electron chi connectivity index (χ0n) is 6.86. The lowest BCUT2D eigenvalue weighted by atomic mass is 10.2. The third-order valence-corrected chi connectivity index (χ3v) is 3.46. The molecule has 2 rings (SSSR count). The number of nitro groups is 1. The topological polar surface area (TPSA) is 69.2 Å². The van der Waals surface area contributed by atoms with Crippen molar-refractivity contribution in [2.45, 2.75) is 0 Å². The summed E-state index contributed by atoms with van der Waals surface area (Å²) in [5, 5.41) is 11.7. The fourth-order valence-corrected chi connectivity index (χ4v) is 2.37. The molecule has 4 nitrogen and oxygen atoms in total. The lowest BCUT2D eigenvalue weighted by Gasteiger charge is -1.96. The van der Waals surface area contributed by atoms with Crippen molar-refractivity contribution < 1.29 is 4.92 Å². The number of fused-ring (bicyclic) bond motifs is 1. The first-order chi connectivity index (χ1) is 6.59. The summed E-state index contributed by atoms with van der Waals surface area (Å²) in [7, 11) is 0. The van der Waals surface area contributed by atoms with Gasteiger partial charge in [0.05, 0.1) is 20.3 Å². The van der Waals surface area contributed by atoms with Crippen molar-refractivity contribution in [1.82, 2.24) is 0 Å². The SMILES string of the molecule is Nc1ccc2cc([N+](=O)[O-])sc2c1Cl. The van der Waals surface area contributed by atoms with Crippen LogP contribution < -0.4 is 5.73 Å². The van der Waals surface area contributed by atoms with Gasteiger partial charge in [-0.3, -0.25) is 10.1 Å². The maximum absolute atomic E-state index is 10.5. The highest BCUT2D eigenvalue weighted by Crippen LogP contribution is 2.38. The van der Waals surface area contributed by atoms with E-state index in [2.05, 4.69) is 0 Å². The Morgan fingerprint density at radius 2 is 2.21 bits per heavy atom. The van der Waals surface area contributed by atoms with Crippen LogP contribution in [-0.2, 0) is 0 Å². The summed E-state index contributed by atoms with van der Waals surface area (Å²) >= 11 is 6.94. The van der Waals surface area contributed by atoms with Crippen molar-refractivity contribution in [3.63, 3.8) is 0 Å². The number of thiophene rings is 1. The van der Waals surface area contributed by atoms with Gasteiger partial charge in [0.25, 0.3) is 0 Å². The second-order valence-electron chi connectivity index (χ2n) is 2.73. The zero-order valence-corrected chi connectivity index (χ0v) is 8.43. The van der Waals surface area contributed by atoms with Gasteiger partial charge in [0, 0.05) is 11.5 Å². The number of nitrogen functional groups attached to an aromatic ring is 1. The fourth-order valence-electron chi connectivity index (χ4n) is 1.16. The minimum Gasteiger partial charge on any atom is -0.397 e. The van der Waals surface area contributed by atoms with Gasteiger partial charge in [-0.15, -0.1) is 0 Å². The summed E-state index contributed by atoms with van der Waals surface area (Å²) in [5.41, 5.74) is 6.02. The van der Waals surface area contributed by atoms with Gasteiger partial charge in [-0.25, -0.2) is 0 Å². The Labute approximate surface area is 88.0 Å². The van der Waals surface area contributed by atoms with Crippen LogP contribution in [0.15, 0.2) is 18.2 Å². The van der Waals surface area contributed by atoms with E-state index in [4.69, 9.17) is 17.3 Å². The van der Waals surface area contributed by atoms with Gasteiger partial charge in [0.15, 0.2) is 0 Å². The molecule has 0 saturated heterocycles. The number of nitrogens with two attached hydrogens (primary N) is 1. The molecule has 0 saturated carbocycles. The van der Waals surface area contributed by atoms with Gasteiger partial charge >= 0.3 is 5.00 Å². The molecule has 0 fully saturated rings. The number of halogens is 1. The molecule has 2 aromatic rings. The second kappa shape index (κ2) is 3.11. The third kappa shape index (κ3) is 1.30. The summed E-state index contributed by atoms with van der Waals surface area (Å²) in [4.78, 5) is 10.1. The maximum Gasteiger partial charge on any atom is 0.325 e. The maximum atomic E-state index is 10.5. The second-order valence-corrected chi connectivity index (χ2v) is 4.14. The molecular formula is C8H5ClN2O2S. The Bertz CT molecular complexity index is 523. The van der Waals surface area contributed by atoms with E-state index in [0.717, 1.165) is 16.7 Å². The molecule has 0 amide bonds. The molecular weight excluding hydrogens is 224 g/mol. The van der Waals surface area contributed by atoms with Gasteiger partial charge in [-0.05, 0) is 6.07 Å². The van der Waals surface area contributed by atoms with Crippen LogP contribution in [0.4, 0.5) is 10.7 Å². The Hall–Kier alpha value is -1.33. The molecule has 0 unspecified atom stereocenters. The molecule has 72 valence electrons. The lowest BCUT2D eigenvalue weighted by molar-refractivity contribution is -0.380. The Morgan fingerprint density at radius 1 is 1.50 bits per heavy atom. The summed E-state index contributed by atoms with van der Waals surface area (Å²) in [6, 6.07) is 4.85. The van der Waals surface area contributed by atoms with Gasteiger partial charge < -0.3 is 5.73 Å². The van der Waals surface area contributed by atoms with E-state index in [0.29, 0.717) is 15.4 Å². The molecule has 1 aromatic carbocycles.